The summed E-state index contributed by atoms with van der Waals surface area (Å²) in [6.07, 6.45) is 0.718. The van der Waals surface area contributed by atoms with Crippen molar-refractivity contribution in [1.29, 1.82) is 0 Å². The predicted molar refractivity (Wildman–Crippen MR) is 85.0 cm³/mol. The highest BCUT2D eigenvalue weighted by molar-refractivity contribution is 5.85. The molecule has 0 atom stereocenters. The molecule has 0 amide bonds. The molecular formula is C17H22O6. The van der Waals surface area contributed by atoms with E-state index in [1.54, 1.807) is 18.2 Å². The van der Waals surface area contributed by atoms with Gasteiger partial charge in [0, 0.05) is 30.2 Å². The minimum atomic E-state index is -1.05. The zero-order chi connectivity index (χ0) is 17.2. The Morgan fingerprint density at radius 1 is 1.00 bits per heavy atom. The van der Waals surface area contributed by atoms with E-state index in [9.17, 15) is 9.59 Å². The first kappa shape index (κ1) is 18.5. The van der Waals surface area contributed by atoms with Crippen molar-refractivity contribution in [3.05, 3.63) is 30.4 Å². The summed E-state index contributed by atoms with van der Waals surface area (Å²) in [4.78, 5) is 22.4. The Bertz CT molecular complexity index is 540. The number of hydrogen-bond acceptors (Lipinski definition) is 5. The van der Waals surface area contributed by atoms with E-state index in [-0.39, 0.29) is 18.4 Å². The number of esters is 1. The van der Waals surface area contributed by atoms with Crippen LogP contribution in [0.15, 0.2) is 30.4 Å². The fraction of sp³-hybridized carbons (Fsp3) is 0.412. The average molecular weight is 322 g/mol. The van der Waals surface area contributed by atoms with Gasteiger partial charge in [0.1, 0.15) is 17.2 Å². The van der Waals surface area contributed by atoms with Gasteiger partial charge in [0.05, 0.1) is 13.2 Å². The molecule has 6 heteroatoms. The summed E-state index contributed by atoms with van der Waals surface area (Å²) in [5.74, 6) is -0.0501. The van der Waals surface area contributed by atoms with Crippen molar-refractivity contribution in [2.75, 3.05) is 13.2 Å². The predicted octanol–water partition coefficient (Wildman–Crippen LogP) is 3.20. The van der Waals surface area contributed by atoms with Gasteiger partial charge in [-0.3, -0.25) is 4.79 Å². The van der Waals surface area contributed by atoms with Crippen LogP contribution in [0.2, 0.25) is 0 Å². The second-order valence-corrected chi connectivity index (χ2v) is 4.74. The molecular weight excluding hydrogens is 300 g/mol. The van der Waals surface area contributed by atoms with Gasteiger partial charge in [-0.25, -0.2) is 4.79 Å². The molecule has 1 rings (SSSR count). The summed E-state index contributed by atoms with van der Waals surface area (Å²) in [7, 11) is 0. The lowest BCUT2D eigenvalue weighted by Crippen LogP contribution is -2.09. The van der Waals surface area contributed by atoms with Crippen molar-refractivity contribution in [2.24, 2.45) is 0 Å². The van der Waals surface area contributed by atoms with Gasteiger partial charge in [-0.1, -0.05) is 6.58 Å². The normalized spacial score (nSPS) is 10.0. The lowest BCUT2D eigenvalue weighted by molar-refractivity contribution is -0.135. The van der Waals surface area contributed by atoms with E-state index in [1.165, 1.54) is 0 Å². The third-order valence-corrected chi connectivity index (χ3v) is 2.87. The zero-order valence-corrected chi connectivity index (χ0v) is 13.5. The number of benzene rings is 1. The average Bonchev–Trinajstić information content (AvgIpc) is 2.47. The molecule has 0 unspecified atom stereocenters. The molecule has 0 radical (unpaired) electrons. The Morgan fingerprint density at radius 2 is 1.52 bits per heavy atom. The summed E-state index contributed by atoms with van der Waals surface area (Å²) in [5, 5.41) is 8.70. The molecule has 6 nitrogen and oxygen atoms in total. The van der Waals surface area contributed by atoms with Crippen molar-refractivity contribution in [3.63, 3.8) is 0 Å². The van der Waals surface area contributed by atoms with Crippen LogP contribution in [-0.4, -0.2) is 30.3 Å². The first-order valence-electron chi connectivity index (χ1n) is 7.48. The van der Waals surface area contributed by atoms with Crippen LogP contribution in [0.1, 0.15) is 33.1 Å². The Hall–Kier alpha value is -2.50. The van der Waals surface area contributed by atoms with E-state index in [2.05, 4.69) is 6.58 Å². The molecule has 1 aromatic rings. The monoisotopic (exact) mass is 322 g/mol. The van der Waals surface area contributed by atoms with Crippen LogP contribution < -0.4 is 14.2 Å². The SMILES string of the molecule is C=C(CCCC(=O)Oc1cc(OCC)cc(OCC)c1)C(=O)O. The first-order valence-corrected chi connectivity index (χ1v) is 7.48. The second kappa shape index (κ2) is 9.50. The molecule has 0 fully saturated rings. The summed E-state index contributed by atoms with van der Waals surface area (Å²) < 4.78 is 16.1. The van der Waals surface area contributed by atoms with E-state index in [0.717, 1.165) is 0 Å². The highest BCUT2D eigenvalue weighted by Gasteiger charge is 2.10. The number of carboxylic acids is 1. The Kier molecular flexibility index (Phi) is 7.66. The molecule has 0 saturated carbocycles. The molecule has 0 bridgehead atoms. The third kappa shape index (κ3) is 6.86. The molecule has 0 aliphatic rings. The van der Waals surface area contributed by atoms with Crippen LogP contribution in [-0.2, 0) is 9.59 Å². The number of rotatable bonds is 10. The van der Waals surface area contributed by atoms with Crippen molar-refractivity contribution < 1.29 is 28.9 Å². The van der Waals surface area contributed by atoms with Crippen molar-refractivity contribution in [3.8, 4) is 17.2 Å². The van der Waals surface area contributed by atoms with Crippen LogP contribution in [0.25, 0.3) is 0 Å². The number of aliphatic carboxylic acids is 1. The minimum absolute atomic E-state index is 0.0785. The van der Waals surface area contributed by atoms with Crippen molar-refractivity contribution >= 4 is 11.9 Å². The lowest BCUT2D eigenvalue weighted by atomic mass is 10.1. The molecule has 126 valence electrons. The number of ether oxygens (including phenoxy) is 3. The fourth-order valence-corrected chi connectivity index (χ4v) is 1.84. The van der Waals surface area contributed by atoms with E-state index in [1.807, 2.05) is 13.8 Å². The standard InChI is InChI=1S/C17H22O6/c1-4-21-13-9-14(22-5-2)11-15(10-13)23-16(18)8-6-7-12(3)17(19)20/h9-11H,3-8H2,1-2H3,(H,19,20). The van der Waals surface area contributed by atoms with E-state index >= 15 is 0 Å². The van der Waals surface area contributed by atoms with Gasteiger partial charge in [0.15, 0.2) is 0 Å². The number of carbonyl (C=O) groups is 2. The molecule has 0 aliphatic heterocycles. The molecule has 0 aliphatic carbocycles. The van der Waals surface area contributed by atoms with E-state index in [4.69, 9.17) is 19.3 Å². The largest absolute Gasteiger partial charge is 0.494 e. The topological polar surface area (TPSA) is 82.1 Å². The van der Waals surface area contributed by atoms with Gasteiger partial charge in [0.2, 0.25) is 0 Å². The van der Waals surface area contributed by atoms with Gasteiger partial charge < -0.3 is 19.3 Å². The van der Waals surface area contributed by atoms with Gasteiger partial charge in [-0.05, 0) is 26.7 Å². The smallest absolute Gasteiger partial charge is 0.330 e. The summed E-state index contributed by atoms with van der Waals surface area (Å²) in [6.45, 7) is 8.10. The van der Waals surface area contributed by atoms with Gasteiger partial charge in [0.25, 0.3) is 0 Å². The summed E-state index contributed by atoms with van der Waals surface area (Å²) in [5.41, 5.74) is 0.0785. The van der Waals surface area contributed by atoms with E-state index in [0.29, 0.717) is 36.9 Å². The summed E-state index contributed by atoms with van der Waals surface area (Å²) >= 11 is 0. The van der Waals surface area contributed by atoms with Crippen LogP contribution >= 0.6 is 0 Å². The van der Waals surface area contributed by atoms with E-state index < -0.39 is 11.9 Å². The molecule has 0 spiro atoms. The lowest BCUT2D eigenvalue weighted by Gasteiger charge is -2.11. The Morgan fingerprint density at radius 3 is 2.00 bits per heavy atom. The molecule has 1 N–H and O–H groups in total. The van der Waals surface area contributed by atoms with Gasteiger partial charge in [-0.2, -0.15) is 0 Å². The Balaban J connectivity index is 2.62. The van der Waals surface area contributed by atoms with Crippen LogP contribution in [0, 0.1) is 0 Å². The highest BCUT2D eigenvalue weighted by Crippen LogP contribution is 2.28. The quantitative estimate of drug-likeness (QED) is 0.405. The maximum Gasteiger partial charge on any atom is 0.330 e. The molecule has 0 heterocycles. The minimum Gasteiger partial charge on any atom is -0.494 e. The van der Waals surface area contributed by atoms with Crippen LogP contribution in [0.4, 0.5) is 0 Å². The second-order valence-electron chi connectivity index (χ2n) is 4.74. The Labute approximate surface area is 135 Å². The maximum absolute atomic E-state index is 11.8. The summed E-state index contributed by atoms with van der Waals surface area (Å²) in [6, 6.07) is 4.95. The maximum atomic E-state index is 11.8. The number of carbonyl (C=O) groups excluding carboxylic acids is 1. The van der Waals surface area contributed by atoms with Crippen molar-refractivity contribution in [2.45, 2.75) is 33.1 Å². The number of carboxylic acid groups (broad SMARTS) is 1. The molecule has 1 aromatic carbocycles. The third-order valence-electron chi connectivity index (χ3n) is 2.87. The number of hydrogen-bond donors (Lipinski definition) is 1. The van der Waals surface area contributed by atoms with Crippen LogP contribution in [0.5, 0.6) is 17.2 Å². The van der Waals surface area contributed by atoms with Crippen LogP contribution in [0.3, 0.4) is 0 Å². The molecule has 0 aromatic heterocycles. The highest BCUT2D eigenvalue weighted by atomic mass is 16.5. The molecule has 23 heavy (non-hydrogen) atoms. The van der Waals surface area contributed by atoms with Gasteiger partial charge >= 0.3 is 11.9 Å². The first-order chi connectivity index (χ1) is 11.0. The van der Waals surface area contributed by atoms with Crippen molar-refractivity contribution in [1.82, 2.24) is 0 Å². The molecule has 0 saturated heterocycles. The fourth-order valence-electron chi connectivity index (χ4n) is 1.84. The zero-order valence-electron chi connectivity index (χ0n) is 13.5. The van der Waals surface area contributed by atoms with Gasteiger partial charge in [-0.15, -0.1) is 0 Å².